The number of hydrogen-bond acceptors (Lipinski definition) is 4. The van der Waals surface area contributed by atoms with Gasteiger partial charge in [0.1, 0.15) is 4.91 Å². The van der Waals surface area contributed by atoms with E-state index in [9.17, 15) is 18.0 Å². The molecule has 12 heavy (non-hydrogen) atoms. The van der Waals surface area contributed by atoms with Gasteiger partial charge in [0.2, 0.25) is 11.6 Å². The highest BCUT2D eigenvalue weighted by molar-refractivity contribution is 7.91. The Balaban J connectivity index is 3.25. The number of rotatable bonds is 1. The Morgan fingerprint density at radius 2 is 1.83 bits per heavy atom. The Bertz CT molecular complexity index is 398. The fourth-order valence-electron chi connectivity index (χ4n) is 0.699. The van der Waals surface area contributed by atoms with E-state index in [1.165, 1.54) is 0 Å². The average molecular weight is 188 g/mol. The Hall–Kier alpha value is -1.27. The summed E-state index contributed by atoms with van der Waals surface area (Å²) in [5.74, 6) is -2.16. The Morgan fingerprint density at radius 1 is 1.25 bits per heavy atom. The molecule has 0 aromatic carbocycles. The molecule has 0 radical (unpaired) electrons. The number of carbonyl (C=O) groups is 2. The van der Waals surface area contributed by atoms with E-state index in [-0.39, 0.29) is 0 Å². The fraction of sp³-hybridized carbons (Fsp3) is 0. The van der Waals surface area contributed by atoms with Gasteiger partial charge in [-0.05, 0) is 12.2 Å². The van der Waals surface area contributed by atoms with Crippen LogP contribution in [0.2, 0.25) is 0 Å². The molecule has 1 aliphatic rings. The minimum atomic E-state index is -4.57. The molecule has 64 valence electrons. The lowest BCUT2D eigenvalue weighted by molar-refractivity contribution is -0.131. The highest BCUT2D eigenvalue weighted by atomic mass is 32.2. The minimum absolute atomic E-state index is 0.874. The first-order valence-electron chi connectivity index (χ1n) is 2.87. The fourth-order valence-corrected chi connectivity index (χ4v) is 1.28. The highest BCUT2D eigenvalue weighted by Gasteiger charge is 2.28. The smallest absolute Gasteiger partial charge is 0.286 e. The molecule has 0 unspecified atom stereocenters. The lowest BCUT2D eigenvalue weighted by Gasteiger charge is -2.01. The number of hydrogen-bond donors (Lipinski definition) is 1. The third kappa shape index (κ3) is 1.49. The third-order valence-corrected chi connectivity index (χ3v) is 2.10. The second-order valence-corrected chi connectivity index (χ2v) is 3.45. The summed E-state index contributed by atoms with van der Waals surface area (Å²) in [6.07, 6.45) is 2.89. The van der Waals surface area contributed by atoms with Crippen molar-refractivity contribution in [2.75, 3.05) is 0 Å². The summed E-state index contributed by atoms with van der Waals surface area (Å²) in [5.41, 5.74) is 0. The maximum atomic E-state index is 10.8. The summed E-state index contributed by atoms with van der Waals surface area (Å²) in [6, 6.07) is 0. The lowest BCUT2D eigenvalue weighted by Crippen LogP contribution is -2.21. The third-order valence-electron chi connectivity index (χ3n) is 1.22. The van der Waals surface area contributed by atoms with Crippen LogP contribution in [-0.4, -0.2) is 24.5 Å². The maximum absolute atomic E-state index is 10.8. The molecule has 5 nitrogen and oxygen atoms in total. The maximum Gasteiger partial charge on any atom is 0.298 e. The van der Waals surface area contributed by atoms with Crippen molar-refractivity contribution >= 4 is 21.7 Å². The Labute approximate surface area is 68.1 Å². The van der Waals surface area contributed by atoms with Crippen LogP contribution in [0.5, 0.6) is 0 Å². The molecular formula is C6H4O5S. The first kappa shape index (κ1) is 8.82. The summed E-state index contributed by atoms with van der Waals surface area (Å²) in [6.45, 7) is 0. The van der Waals surface area contributed by atoms with Crippen LogP contribution >= 0.6 is 0 Å². The van der Waals surface area contributed by atoms with E-state index in [0.29, 0.717) is 0 Å². The zero-order chi connectivity index (χ0) is 9.35. The second-order valence-electron chi connectivity index (χ2n) is 2.06. The van der Waals surface area contributed by atoms with Gasteiger partial charge >= 0.3 is 0 Å². The standard InChI is InChI=1S/C6H4O5S/c7-4-2-1-3-5(6(4)8)12(9,10)11/h1-3H,(H,9,10,11). The van der Waals surface area contributed by atoms with Crippen LogP contribution in [0.1, 0.15) is 0 Å². The number of carbonyl (C=O) groups excluding carboxylic acids is 2. The van der Waals surface area contributed by atoms with E-state index in [1.54, 1.807) is 0 Å². The van der Waals surface area contributed by atoms with Crippen LogP contribution in [0, 0.1) is 0 Å². The monoisotopic (exact) mass is 188 g/mol. The van der Waals surface area contributed by atoms with Gasteiger partial charge in [0.15, 0.2) is 0 Å². The molecule has 6 heteroatoms. The minimum Gasteiger partial charge on any atom is -0.286 e. The lowest BCUT2D eigenvalue weighted by atomic mass is 10.1. The van der Waals surface area contributed by atoms with Crippen LogP contribution < -0.4 is 0 Å². The summed E-state index contributed by atoms with van der Waals surface area (Å²) >= 11 is 0. The van der Waals surface area contributed by atoms with Crippen molar-refractivity contribution in [3.63, 3.8) is 0 Å². The molecule has 0 saturated heterocycles. The van der Waals surface area contributed by atoms with Crippen molar-refractivity contribution in [3.05, 3.63) is 23.1 Å². The van der Waals surface area contributed by atoms with Crippen LogP contribution in [0.15, 0.2) is 23.1 Å². The molecular weight excluding hydrogens is 184 g/mol. The van der Waals surface area contributed by atoms with Crippen LogP contribution in [-0.2, 0) is 19.7 Å². The first-order valence-corrected chi connectivity index (χ1v) is 4.31. The molecule has 1 aliphatic carbocycles. The molecule has 1 N–H and O–H groups in total. The second kappa shape index (κ2) is 2.65. The van der Waals surface area contributed by atoms with E-state index in [4.69, 9.17) is 4.55 Å². The number of ketones is 2. The summed E-state index contributed by atoms with van der Waals surface area (Å²) in [5, 5.41) is 0. The molecule has 0 spiro atoms. The van der Waals surface area contributed by atoms with Crippen molar-refractivity contribution in [2.24, 2.45) is 0 Å². The molecule has 0 heterocycles. The molecule has 0 atom stereocenters. The predicted molar refractivity (Wildman–Crippen MR) is 38.8 cm³/mol. The van der Waals surface area contributed by atoms with Gasteiger partial charge in [-0.25, -0.2) is 0 Å². The van der Waals surface area contributed by atoms with Crippen molar-refractivity contribution in [2.45, 2.75) is 0 Å². The largest absolute Gasteiger partial charge is 0.298 e. The van der Waals surface area contributed by atoms with Gasteiger partial charge in [0.25, 0.3) is 10.1 Å². The van der Waals surface area contributed by atoms with Gasteiger partial charge in [-0.2, -0.15) is 8.42 Å². The zero-order valence-electron chi connectivity index (χ0n) is 5.72. The SMILES string of the molecule is O=C1C=CC=C(S(=O)(=O)O)C1=O. The highest BCUT2D eigenvalue weighted by Crippen LogP contribution is 2.10. The molecule has 1 rings (SSSR count). The Kier molecular flexibility index (Phi) is 1.95. The topological polar surface area (TPSA) is 88.5 Å². The van der Waals surface area contributed by atoms with Gasteiger partial charge in [-0.15, -0.1) is 0 Å². The van der Waals surface area contributed by atoms with Gasteiger partial charge in [-0.1, -0.05) is 6.08 Å². The number of allylic oxidation sites excluding steroid dienone is 4. The van der Waals surface area contributed by atoms with Crippen LogP contribution in [0.3, 0.4) is 0 Å². The van der Waals surface area contributed by atoms with Gasteiger partial charge in [0.05, 0.1) is 0 Å². The van der Waals surface area contributed by atoms with E-state index in [2.05, 4.69) is 0 Å². The zero-order valence-corrected chi connectivity index (χ0v) is 6.54. The Morgan fingerprint density at radius 3 is 2.25 bits per heavy atom. The molecule has 0 aliphatic heterocycles. The summed E-state index contributed by atoms with van der Waals surface area (Å²) < 4.78 is 29.3. The van der Waals surface area contributed by atoms with Crippen LogP contribution in [0.25, 0.3) is 0 Å². The molecule has 0 amide bonds. The van der Waals surface area contributed by atoms with Crippen LogP contribution in [0.4, 0.5) is 0 Å². The normalized spacial score (nSPS) is 17.9. The van der Waals surface area contributed by atoms with Gasteiger partial charge in [-0.3, -0.25) is 14.1 Å². The molecule has 0 bridgehead atoms. The molecule has 0 saturated carbocycles. The number of Topliss-reactive ketones (excluding diaryl/α,β-unsaturated/α-hetero) is 1. The van der Waals surface area contributed by atoms with Crippen molar-refractivity contribution in [1.82, 2.24) is 0 Å². The quantitative estimate of drug-likeness (QED) is 0.339. The van der Waals surface area contributed by atoms with E-state index in [1.807, 2.05) is 0 Å². The summed E-state index contributed by atoms with van der Waals surface area (Å²) in [4.78, 5) is 20.5. The van der Waals surface area contributed by atoms with Gasteiger partial charge in [0, 0.05) is 0 Å². The average Bonchev–Trinajstić information content (AvgIpc) is 1.92. The van der Waals surface area contributed by atoms with Crippen molar-refractivity contribution < 1.29 is 22.6 Å². The summed E-state index contributed by atoms with van der Waals surface area (Å²) in [7, 11) is -4.57. The first-order chi connectivity index (χ1) is 5.43. The molecule has 0 aromatic rings. The van der Waals surface area contributed by atoms with E-state index < -0.39 is 26.6 Å². The molecule has 0 aromatic heterocycles. The van der Waals surface area contributed by atoms with Crippen molar-refractivity contribution in [3.8, 4) is 0 Å². The van der Waals surface area contributed by atoms with E-state index in [0.717, 1.165) is 18.2 Å². The van der Waals surface area contributed by atoms with E-state index >= 15 is 0 Å². The predicted octanol–water partition coefficient (Wildman–Crippen LogP) is -0.534. The van der Waals surface area contributed by atoms with Crippen molar-refractivity contribution in [1.29, 1.82) is 0 Å². The molecule has 0 fully saturated rings. The van der Waals surface area contributed by atoms with Gasteiger partial charge < -0.3 is 0 Å².